The molecule has 2 aromatic carbocycles. The summed E-state index contributed by atoms with van der Waals surface area (Å²) in [5.74, 6) is -0.795. The number of likely N-dealkylation sites (tertiary alicyclic amines) is 1. The molecule has 1 atom stereocenters. The van der Waals surface area contributed by atoms with E-state index in [4.69, 9.17) is 11.6 Å². The van der Waals surface area contributed by atoms with Crippen LogP contribution in [0.1, 0.15) is 29.6 Å². The zero-order valence-electron chi connectivity index (χ0n) is 13.5. The minimum absolute atomic E-state index is 0.188. The van der Waals surface area contributed by atoms with Gasteiger partial charge in [0.15, 0.2) is 0 Å². The number of benzene rings is 2. The van der Waals surface area contributed by atoms with Crippen LogP contribution in [-0.2, 0) is 4.79 Å². The highest BCUT2D eigenvalue weighted by Crippen LogP contribution is 2.30. The Hall–Kier alpha value is -1.85. The lowest BCUT2D eigenvalue weighted by Gasteiger charge is -2.22. The fourth-order valence-electron chi connectivity index (χ4n) is 2.74. The quantitative estimate of drug-likeness (QED) is 0.721. The van der Waals surface area contributed by atoms with Gasteiger partial charge in [-0.2, -0.15) is 0 Å². The van der Waals surface area contributed by atoms with Crippen LogP contribution in [0, 0.1) is 5.82 Å². The summed E-state index contributed by atoms with van der Waals surface area (Å²) in [4.78, 5) is 27.8. The van der Waals surface area contributed by atoms with Crippen LogP contribution < -0.4 is 0 Å². The second kappa shape index (κ2) is 8.02. The molecule has 2 amide bonds. The molecule has 0 saturated carbocycles. The third-order valence-electron chi connectivity index (χ3n) is 4.07. The van der Waals surface area contributed by atoms with Gasteiger partial charge in [-0.3, -0.25) is 14.5 Å². The first-order chi connectivity index (χ1) is 12.0. The summed E-state index contributed by atoms with van der Waals surface area (Å²) in [7, 11) is 0. The lowest BCUT2D eigenvalue weighted by Crippen LogP contribution is -2.41. The van der Waals surface area contributed by atoms with Gasteiger partial charge in [0.25, 0.3) is 5.91 Å². The summed E-state index contributed by atoms with van der Waals surface area (Å²) in [5.41, 5.74) is 0.449. The predicted molar refractivity (Wildman–Crippen MR) is 97.4 cm³/mol. The lowest BCUT2D eigenvalue weighted by molar-refractivity contribution is -0.127. The standard InChI is InChI=1S/C19H17ClFNO2S/c20-14-6-4-13(5-7-14)18(23)22-12-2-1-3-17(19(22)24)25-16-10-8-15(21)9-11-16/h4-11,17H,1-3,12H2. The van der Waals surface area contributed by atoms with Crippen LogP contribution in [0.25, 0.3) is 0 Å². The van der Waals surface area contributed by atoms with Gasteiger partial charge in [-0.25, -0.2) is 4.39 Å². The van der Waals surface area contributed by atoms with Gasteiger partial charge in [0.2, 0.25) is 5.91 Å². The summed E-state index contributed by atoms with van der Waals surface area (Å²) >= 11 is 7.24. The van der Waals surface area contributed by atoms with E-state index in [1.807, 2.05) is 0 Å². The molecule has 0 spiro atoms. The summed E-state index contributed by atoms with van der Waals surface area (Å²) in [5, 5.41) is 0.202. The van der Waals surface area contributed by atoms with Gasteiger partial charge in [-0.1, -0.05) is 18.0 Å². The Labute approximate surface area is 155 Å². The Morgan fingerprint density at radius 3 is 2.44 bits per heavy atom. The molecule has 0 radical (unpaired) electrons. The normalized spacial score (nSPS) is 18.1. The van der Waals surface area contributed by atoms with E-state index in [2.05, 4.69) is 0 Å². The molecule has 1 fully saturated rings. The fraction of sp³-hybridized carbons (Fsp3) is 0.263. The van der Waals surface area contributed by atoms with Crippen molar-refractivity contribution in [2.24, 2.45) is 0 Å². The first-order valence-corrected chi connectivity index (χ1v) is 9.34. The van der Waals surface area contributed by atoms with E-state index in [1.54, 1.807) is 36.4 Å². The summed E-state index contributed by atoms with van der Waals surface area (Å²) in [6.07, 6.45) is 2.35. The molecule has 0 bridgehead atoms. The zero-order valence-corrected chi connectivity index (χ0v) is 15.0. The molecule has 1 saturated heterocycles. The Balaban J connectivity index is 1.77. The average Bonchev–Trinajstić information content (AvgIpc) is 2.79. The molecule has 3 rings (SSSR count). The summed E-state index contributed by atoms with van der Waals surface area (Å²) in [6.45, 7) is 0.417. The van der Waals surface area contributed by atoms with Gasteiger partial charge < -0.3 is 0 Å². The van der Waals surface area contributed by atoms with Crippen LogP contribution in [0.15, 0.2) is 53.4 Å². The molecule has 2 aromatic rings. The van der Waals surface area contributed by atoms with Gasteiger partial charge >= 0.3 is 0 Å². The predicted octanol–water partition coefficient (Wildman–Crippen LogP) is 4.79. The number of nitrogens with zero attached hydrogens (tertiary/aromatic N) is 1. The van der Waals surface area contributed by atoms with Gasteiger partial charge in [-0.15, -0.1) is 11.8 Å². The molecule has 0 N–H and O–H groups in total. The van der Waals surface area contributed by atoms with Crippen LogP contribution in [0.3, 0.4) is 0 Å². The van der Waals surface area contributed by atoms with E-state index in [0.29, 0.717) is 23.6 Å². The van der Waals surface area contributed by atoms with E-state index < -0.39 is 0 Å². The largest absolute Gasteiger partial charge is 0.278 e. The van der Waals surface area contributed by atoms with Crippen molar-refractivity contribution in [1.29, 1.82) is 0 Å². The van der Waals surface area contributed by atoms with Crippen molar-refractivity contribution < 1.29 is 14.0 Å². The number of halogens is 2. The number of amides is 2. The van der Waals surface area contributed by atoms with E-state index >= 15 is 0 Å². The minimum atomic E-state index is -0.343. The molecule has 1 heterocycles. The van der Waals surface area contributed by atoms with Gasteiger partial charge in [0, 0.05) is 22.0 Å². The molecule has 0 aliphatic carbocycles. The third kappa shape index (κ3) is 4.41. The number of imide groups is 1. The molecule has 1 unspecified atom stereocenters. The van der Waals surface area contributed by atoms with Gasteiger partial charge in [-0.05, 0) is 61.4 Å². The Morgan fingerprint density at radius 1 is 1.08 bits per heavy atom. The maximum absolute atomic E-state index is 13.1. The molecule has 25 heavy (non-hydrogen) atoms. The van der Waals surface area contributed by atoms with E-state index in [0.717, 1.165) is 17.7 Å². The number of rotatable bonds is 3. The topological polar surface area (TPSA) is 37.4 Å². The van der Waals surface area contributed by atoms with Gasteiger partial charge in [0.1, 0.15) is 5.82 Å². The van der Waals surface area contributed by atoms with Crippen molar-refractivity contribution in [2.75, 3.05) is 6.54 Å². The first kappa shape index (κ1) is 18.0. The van der Waals surface area contributed by atoms with Crippen LogP contribution in [-0.4, -0.2) is 28.5 Å². The van der Waals surface area contributed by atoms with Crippen LogP contribution in [0.2, 0.25) is 5.02 Å². The smallest absolute Gasteiger partial charge is 0.260 e. The van der Waals surface area contributed by atoms with Gasteiger partial charge in [0.05, 0.1) is 5.25 Å². The molecule has 6 heteroatoms. The molecule has 3 nitrogen and oxygen atoms in total. The molecule has 130 valence electrons. The number of carbonyl (C=O) groups is 2. The second-order valence-corrected chi connectivity index (χ2v) is 7.57. The average molecular weight is 378 g/mol. The third-order valence-corrected chi connectivity index (χ3v) is 5.59. The maximum atomic E-state index is 13.1. The first-order valence-electron chi connectivity index (χ1n) is 8.08. The van der Waals surface area contributed by atoms with Crippen molar-refractivity contribution in [3.8, 4) is 0 Å². The van der Waals surface area contributed by atoms with Crippen molar-refractivity contribution in [1.82, 2.24) is 4.90 Å². The number of thioether (sulfide) groups is 1. The van der Waals surface area contributed by atoms with Crippen molar-refractivity contribution in [2.45, 2.75) is 29.4 Å². The Kier molecular flexibility index (Phi) is 5.76. The summed E-state index contributed by atoms with van der Waals surface area (Å²) < 4.78 is 13.1. The highest BCUT2D eigenvalue weighted by atomic mass is 35.5. The van der Waals surface area contributed by atoms with Crippen LogP contribution in [0.4, 0.5) is 4.39 Å². The fourth-order valence-corrected chi connectivity index (χ4v) is 4.00. The highest BCUT2D eigenvalue weighted by molar-refractivity contribution is 8.00. The molecule has 1 aliphatic rings. The van der Waals surface area contributed by atoms with Crippen LogP contribution in [0.5, 0.6) is 0 Å². The van der Waals surface area contributed by atoms with E-state index in [-0.39, 0.29) is 22.9 Å². The monoisotopic (exact) mass is 377 g/mol. The SMILES string of the molecule is O=C(c1ccc(Cl)cc1)N1CCCCC(Sc2ccc(F)cc2)C1=O. The molecular weight excluding hydrogens is 361 g/mol. The molecular formula is C19H17ClFNO2S. The zero-order chi connectivity index (χ0) is 17.8. The van der Waals surface area contributed by atoms with E-state index in [9.17, 15) is 14.0 Å². The second-order valence-electron chi connectivity index (χ2n) is 5.86. The lowest BCUT2D eigenvalue weighted by atomic mass is 10.2. The number of hydrogen-bond acceptors (Lipinski definition) is 3. The van der Waals surface area contributed by atoms with Crippen LogP contribution >= 0.6 is 23.4 Å². The number of carbonyl (C=O) groups excluding carboxylic acids is 2. The van der Waals surface area contributed by atoms with Crippen molar-refractivity contribution in [3.05, 3.63) is 64.9 Å². The molecule has 1 aliphatic heterocycles. The number of hydrogen-bond donors (Lipinski definition) is 0. The van der Waals surface area contributed by atoms with Crippen molar-refractivity contribution >= 4 is 35.2 Å². The Morgan fingerprint density at radius 2 is 1.76 bits per heavy atom. The highest BCUT2D eigenvalue weighted by Gasteiger charge is 2.32. The van der Waals surface area contributed by atoms with E-state index in [1.165, 1.54) is 28.8 Å². The Bertz CT molecular complexity index is 764. The van der Waals surface area contributed by atoms with Crippen molar-refractivity contribution in [3.63, 3.8) is 0 Å². The summed E-state index contributed by atoms with van der Waals surface area (Å²) in [6, 6.07) is 12.6. The minimum Gasteiger partial charge on any atom is -0.278 e. The maximum Gasteiger partial charge on any atom is 0.260 e. The molecule has 0 aromatic heterocycles.